The average Bonchev–Trinajstić information content (AvgIpc) is 4.08. The number of furan rings is 3. The molecule has 0 aliphatic heterocycles. The van der Waals surface area contributed by atoms with Gasteiger partial charge in [-0.2, -0.15) is 0 Å². The SMILES string of the molecule is c1ccc(-c2nc3n(-c4cccc5oc6ccccc6c45)c4ccc(-c5cccc6oc7ccccc7c56)cc4n3c2-c2cccc3oc4ccccc4c23)cc1. The van der Waals surface area contributed by atoms with Gasteiger partial charge in [-0.05, 0) is 65.7 Å². The maximum absolute atomic E-state index is 6.48. The Bertz CT molecular complexity index is 3760. The first-order valence-corrected chi connectivity index (χ1v) is 19.1. The van der Waals surface area contributed by atoms with Crippen molar-refractivity contribution in [3.63, 3.8) is 0 Å². The zero-order valence-electron chi connectivity index (χ0n) is 30.3. The monoisotopic (exact) mass is 731 g/mol. The lowest BCUT2D eigenvalue weighted by Crippen LogP contribution is -1.96. The zero-order valence-corrected chi connectivity index (χ0v) is 30.3. The van der Waals surface area contributed by atoms with Crippen LogP contribution in [-0.2, 0) is 0 Å². The van der Waals surface area contributed by atoms with Gasteiger partial charge in [0, 0.05) is 38.1 Å². The van der Waals surface area contributed by atoms with Gasteiger partial charge in [0.15, 0.2) is 0 Å². The highest BCUT2D eigenvalue weighted by molar-refractivity contribution is 6.16. The molecule has 0 saturated carbocycles. The van der Waals surface area contributed by atoms with Crippen LogP contribution in [0.3, 0.4) is 0 Å². The number of benzene rings is 8. The summed E-state index contributed by atoms with van der Waals surface area (Å²) < 4.78 is 24.0. The van der Waals surface area contributed by atoms with Crippen LogP contribution >= 0.6 is 0 Å². The summed E-state index contributed by atoms with van der Waals surface area (Å²) in [5.74, 6) is 0.797. The van der Waals surface area contributed by atoms with Crippen molar-refractivity contribution in [3.05, 3.63) is 176 Å². The molecule has 0 amide bonds. The van der Waals surface area contributed by atoms with E-state index in [0.717, 1.165) is 122 Å². The maximum atomic E-state index is 6.48. The van der Waals surface area contributed by atoms with Gasteiger partial charge in [-0.15, -0.1) is 0 Å². The fourth-order valence-corrected chi connectivity index (χ4v) is 9.17. The van der Waals surface area contributed by atoms with E-state index < -0.39 is 0 Å². The van der Waals surface area contributed by atoms with Crippen molar-refractivity contribution in [3.8, 4) is 39.3 Å². The molecule has 0 aliphatic carbocycles. The Labute approximate surface area is 324 Å². The van der Waals surface area contributed by atoms with E-state index in [0.29, 0.717) is 0 Å². The van der Waals surface area contributed by atoms with Crippen LogP contribution in [0.25, 0.3) is 122 Å². The molecule has 0 atom stereocenters. The topological polar surface area (TPSA) is 61.7 Å². The highest BCUT2D eigenvalue weighted by Gasteiger charge is 2.27. The fraction of sp³-hybridized carbons (Fsp3) is 0. The molecule has 0 saturated heterocycles. The minimum absolute atomic E-state index is 0.797. The number of fused-ring (bicyclic) bond motifs is 12. The van der Waals surface area contributed by atoms with Gasteiger partial charge in [-0.3, -0.25) is 8.97 Å². The Kier molecular flexibility index (Phi) is 6.07. The number of aromatic nitrogens is 3. The molecule has 57 heavy (non-hydrogen) atoms. The summed E-state index contributed by atoms with van der Waals surface area (Å²) in [4.78, 5) is 5.65. The second-order valence-corrected chi connectivity index (χ2v) is 14.7. The predicted octanol–water partition coefficient (Wildman–Crippen LogP) is 14.0. The van der Waals surface area contributed by atoms with Gasteiger partial charge >= 0.3 is 0 Å². The van der Waals surface area contributed by atoms with Crippen LogP contribution in [0.15, 0.2) is 189 Å². The minimum atomic E-state index is 0.797. The first-order valence-electron chi connectivity index (χ1n) is 19.1. The van der Waals surface area contributed by atoms with Crippen molar-refractivity contribution in [2.45, 2.75) is 0 Å². The van der Waals surface area contributed by atoms with E-state index in [1.807, 2.05) is 42.5 Å². The highest BCUT2D eigenvalue weighted by Crippen LogP contribution is 2.45. The van der Waals surface area contributed by atoms with Gasteiger partial charge in [0.2, 0.25) is 5.78 Å². The van der Waals surface area contributed by atoms with Gasteiger partial charge in [0.05, 0.1) is 33.5 Å². The second kappa shape index (κ2) is 11.4. The Morgan fingerprint density at radius 2 is 0.912 bits per heavy atom. The zero-order chi connectivity index (χ0) is 37.2. The average molecular weight is 732 g/mol. The van der Waals surface area contributed by atoms with E-state index in [-0.39, 0.29) is 0 Å². The van der Waals surface area contributed by atoms with Gasteiger partial charge < -0.3 is 13.3 Å². The Balaban J connectivity index is 1.22. The molecule has 13 rings (SSSR count). The van der Waals surface area contributed by atoms with E-state index in [1.54, 1.807) is 0 Å². The van der Waals surface area contributed by atoms with Crippen LogP contribution in [0.5, 0.6) is 0 Å². The molecule has 0 N–H and O–H groups in total. The van der Waals surface area contributed by atoms with Crippen LogP contribution in [0.1, 0.15) is 0 Å². The van der Waals surface area contributed by atoms with E-state index in [2.05, 4.69) is 142 Å². The molecule has 6 nitrogen and oxygen atoms in total. The molecule has 0 radical (unpaired) electrons. The summed E-state index contributed by atoms with van der Waals surface area (Å²) >= 11 is 0. The first kappa shape index (κ1) is 30.5. The standard InChI is InChI=1S/C51H29N3O3/c1-2-13-30(14-3-1)49-50(36-19-11-25-44-47(36)34-16-5-8-22-41(34)56-44)54-39-29-31(32-18-10-24-43-46(32)33-15-4-7-21-40(33)55-43)27-28-37(39)53(51(54)52-49)38-20-12-26-45-48(38)35-17-6-9-23-42(35)57-45/h1-29H. The normalized spacial score (nSPS) is 12.2. The van der Waals surface area contributed by atoms with Gasteiger partial charge in [-0.1, -0.05) is 121 Å². The van der Waals surface area contributed by atoms with Crippen molar-refractivity contribution < 1.29 is 13.3 Å². The van der Waals surface area contributed by atoms with Gasteiger partial charge in [0.1, 0.15) is 33.5 Å². The summed E-state index contributed by atoms with van der Waals surface area (Å²) in [5.41, 5.74) is 14.3. The van der Waals surface area contributed by atoms with E-state index in [4.69, 9.17) is 18.2 Å². The number of hydrogen-bond donors (Lipinski definition) is 0. The number of imidazole rings is 2. The van der Waals surface area contributed by atoms with Crippen molar-refractivity contribution in [1.29, 1.82) is 0 Å². The smallest absolute Gasteiger partial charge is 0.220 e. The van der Waals surface area contributed by atoms with E-state index >= 15 is 0 Å². The quantitative estimate of drug-likeness (QED) is 0.181. The largest absolute Gasteiger partial charge is 0.456 e. The first-order chi connectivity index (χ1) is 28.3. The summed E-state index contributed by atoms with van der Waals surface area (Å²) in [7, 11) is 0. The number of hydrogen-bond acceptors (Lipinski definition) is 4. The molecule has 0 fully saturated rings. The summed E-state index contributed by atoms with van der Waals surface area (Å²) in [6.07, 6.45) is 0. The van der Waals surface area contributed by atoms with Crippen molar-refractivity contribution >= 4 is 82.6 Å². The summed E-state index contributed by atoms with van der Waals surface area (Å²) in [5, 5.41) is 6.42. The molecule has 266 valence electrons. The van der Waals surface area contributed by atoms with Crippen molar-refractivity contribution in [1.82, 2.24) is 14.0 Å². The summed E-state index contributed by atoms with van der Waals surface area (Å²) in [6, 6.07) is 61.1. The summed E-state index contributed by atoms with van der Waals surface area (Å²) in [6.45, 7) is 0. The third kappa shape index (κ3) is 4.21. The molecule has 6 heteroatoms. The van der Waals surface area contributed by atoms with Crippen molar-refractivity contribution in [2.75, 3.05) is 0 Å². The lowest BCUT2D eigenvalue weighted by Gasteiger charge is -2.10. The fourth-order valence-electron chi connectivity index (χ4n) is 9.17. The number of rotatable bonds is 4. The van der Waals surface area contributed by atoms with Crippen LogP contribution < -0.4 is 0 Å². The third-order valence-corrected chi connectivity index (χ3v) is 11.6. The molecular formula is C51H29N3O3. The second-order valence-electron chi connectivity index (χ2n) is 14.7. The molecule has 8 aromatic carbocycles. The van der Waals surface area contributed by atoms with Crippen LogP contribution in [0.2, 0.25) is 0 Å². The molecule has 0 spiro atoms. The lowest BCUT2D eigenvalue weighted by molar-refractivity contribution is 0.668. The third-order valence-electron chi connectivity index (χ3n) is 11.6. The highest BCUT2D eigenvalue weighted by atomic mass is 16.3. The lowest BCUT2D eigenvalue weighted by atomic mass is 9.98. The van der Waals surface area contributed by atoms with E-state index in [9.17, 15) is 0 Å². The maximum Gasteiger partial charge on any atom is 0.220 e. The Hall–Kier alpha value is -7.83. The van der Waals surface area contributed by atoms with Crippen LogP contribution in [0.4, 0.5) is 0 Å². The predicted molar refractivity (Wildman–Crippen MR) is 230 cm³/mol. The Morgan fingerprint density at radius 3 is 1.58 bits per heavy atom. The number of nitrogens with zero attached hydrogens (tertiary/aromatic N) is 3. The van der Waals surface area contributed by atoms with Crippen LogP contribution in [-0.4, -0.2) is 14.0 Å². The van der Waals surface area contributed by atoms with Gasteiger partial charge in [-0.25, -0.2) is 4.98 Å². The van der Waals surface area contributed by atoms with E-state index in [1.165, 1.54) is 0 Å². The Morgan fingerprint density at radius 1 is 0.386 bits per heavy atom. The molecule has 5 heterocycles. The number of para-hydroxylation sites is 3. The van der Waals surface area contributed by atoms with Crippen molar-refractivity contribution in [2.24, 2.45) is 0 Å². The van der Waals surface area contributed by atoms with Crippen LogP contribution in [0, 0.1) is 0 Å². The molecule has 0 aliphatic rings. The van der Waals surface area contributed by atoms with Gasteiger partial charge in [0.25, 0.3) is 0 Å². The molecule has 5 aromatic heterocycles. The molecular weight excluding hydrogens is 703 g/mol. The molecule has 13 aromatic rings. The molecule has 0 bridgehead atoms. The minimum Gasteiger partial charge on any atom is -0.456 e. The molecule has 0 unspecified atom stereocenters.